The molecule has 2 nitrogen and oxygen atoms in total. The van der Waals surface area contributed by atoms with Crippen LogP contribution in [-0.4, -0.2) is 13.3 Å². The third kappa shape index (κ3) is 4.17. The van der Waals surface area contributed by atoms with Gasteiger partial charge in [-0.05, 0) is 12.1 Å². The molecule has 9 heteroatoms. The molecule has 0 spiro atoms. The molecule has 2 N–H and O–H groups in total. The highest BCUT2D eigenvalue weighted by molar-refractivity contribution is 5.85. The molecule has 0 heterocycles. The van der Waals surface area contributed by atoms with Gasteiger partial charge in [0.05, 0.1) is 12.7 Å². The van der Waals surface area contributed by atoms with Crippen LogP contribution in [0.1, 0.15) is 17.2 Å². The minimum atomic E-state index is -4.76. The Morgan fingerprint density at radius 2 is 1.63 bits per heavy atom. The summed E-state index contributed by atoms with van der Waals surface area (Å²) in [6, 6.07) is -0.709. The zero-order valence-electron chi connectivity index (χ0n) is 9.47. The maximum absolute atomic E-state index is 12.4. The van der Waals surface area contributed by atoms with Gasteiger partial charge >= 0.3 is 12.4 Å². The van der Waals surface area contributed by atoms with E-state index in [2.05, 4.69) is 4.74 Å². The van der Waals surface area contributed by atoms with Crippen molar-refractivity contribution in [3.63, 3.8) is 0 Å². The number of ether oxygens (including phenoxy) is 1. The van der Waals surface area contributed by atoms with E-state index in [1.165, 1.54) is 0 Å². The highest BCUT2D eigenvalue weighted by atomic mass is 35.5. The van der Waals surface area contributed by atoms with E-state index in [1.54, 1.807) is 0 Å². The Bertz CT molecular complexity index is 431. The molecule has 0 aliphatic carbocycles. The lowest BCUT2D eigenvalue weighted by molar-refractivity contribution is -0.149. The highest BCUT2D eigenvalue weighted by Crippen LogP contribution is 2.38. The summed E-state index contributed by atoms with van der Waals surface area (Å²) in [6.45, 7) is 0. The van der Waals surface area contributed by atoms with Crippen LogP contribution in [0.15, 0.2) is 18.2 Å². The van der Waals surface area contributed by atoms with Gasteiger partial charge in [0.15, 0.2) is 0 Å². The lowest BCUT2D eigenvalue weighted by Gasteiger charge is -2.19. The topological polar surface area (TPSA) is 35.2 Å². The van der Waals surface area contributed by atoms with Crippen LogP contribution in [0.3, 0.4) is 0 Å². The number of rotatable bonds is 2. The van der Waals surface area contributed by atoms with Crippen LogP contribution in [0, 0.1) is 0 Å². The van der Waals surface area contributed by atoms with Crippen molar-refractivity contribution in [3.05, 3.63) is 29.3 Å². The number of halogens is 7. The van der Waals surface area contributed by atoms with Gasteiger partial charge in [-0.2, -0.15) is 26.3 Å². The summed E-state index contributed by atoms with van der Waals surface area (Å²) in [5.41, 5.74) is 3.28. The molecule has 0 radical (unpaired) electrons. The van der Waals surface area contributed by atoms with Crippen molar-refractivity contribution >= 4 is 12.4 Å². The van der Waals surface area contributed by atoms with E-state index in [4.69, 9.17) is 5.73 Å². The fraction of sp³-hybridized carbons (Fsp3) is 0.400. The van der Waals surface area contributed by atoms with E-state index < -0.39 is 35.3 Å². The maximum atomic E-state index is 12.4. The lowest BCUT2D eigenvalue weighted by Crippen LogP contribution is -2.29. The van der Waals surface area contributed by atoms with Crippen LogP contribution in [0.25, 0.3) is 0 Å². The molecule has 0 saturated heterocycles. The molecule has 0 aliphatic heterocycles. The molecule has 0 aliphatic rings. The Kier molecular flexibility index (Phi) is 5.52. The first-order valence-corrected chi connectivity index (χ1v) is 4.64. The van der Waals surface area contributed by atoms with Crippen molar-refractivity contribution < 1.29 is 31.1 Å². The Labute approximate surface area is 110 Å². The minimum absolute atomic E-state index is 0. The van der Waals surface area contributed by atoms with E-state index in [1.807, 2.05) is 0 Å². The molecule has 1 atom stereocenters. The number of hydrogen-bond acceptors (Lipinski definition) is 2. The third-order valence-electron chi connectivity index (χ3n) is 2.25. The van der Waals surface area contributed by atoms with Crippen LogP contribution in [0.2, 0.25) is 0 Å². The summed E-state index contributed by atoms with van der Waals surface area (Å²) in [5.74, 6) is -0.547. The molecule has 0 saturated carbocycles. The lowest BCUT2D eigenvalue weighted by atomic mass is 10.0. The molecular weight excluding hydrogens is 300 g/mol. The van der Waals surface area contributed by atoms with Gasteiger partial charge < -0.3 is 10.5 Å². The summed E-state index contributed by atoms with van der Waals surface area (Å²) < 4.78 is 78.8. The quantitative estimate of drug-likeness (QED) is 0.846. The van der Waals surface area contributed by atoms with Crippen molar-refractivity contribution in [3.8, 4) is 5.75 Å². The number of benzene rings is 1. The predicted octanol–water partition coefficient (Wildman–Crippen LogP) is 3.70. The molecule has 110 valence electrons. The van der Waals surface area contributed by atoms with Crippen molar-refractivity contribution in [1.82, 2.24) is 0 Å². The van der Waals surface area contributed by atoms with E-state index in [0.717, 1.165) is 7.11 Å². The molecule has 0 aromatic heterocycles. The smallest absolute Gasteiger partial charge is 0.416 e. The predicted molar refractivity (Wildman–Crippen MR) is 58.2 cm³/mol. The average Bonchev–Trinajstić information content (AvgIpc) is 2.24. The first-order valence-electron chi connectivity index (χ1n) is 4.64. The summed E-state index contributed by atoms with van der Waals surface area (Å²) in [6.07, 6.45) is -9.42. The first kappa shape index (κ1) is 17.9. The first-order chi connectivity index (χ1) is 8.07. The van der Waals surface area contributed by atoms with Gasteiger partial charge in [-0.25, -0.2) is 0 Å². The SMILES string of the molecule is COc1cc(C(F)(F)F)ccc1[C@@H](N)C(F)(F)F.Cl. The van der Waals surface area contributed by atoms with Gasteiger partial charge in [0.1, 0.15) is 11.8 Å². The number of methoxy groups -OCH3 is 1. The van der Waals surface area contributed by atoms with Crippen LogP contribution in [0.4, 0.5) is 26.3 Å². The zero-order valence-corrected chi connectivity index (χ0v) is 10.3. The average molecular weight is 310 g/mol. The second-order valence-electron chi connectivity index (χ2n) is 3.47. The Hall–Kier alpha value is -1.15. The van der Waals surface area contributed by atoms with Crippen molar-refractivity contribution in [2.75, 3.05) is 7.11 Å². The molecule has 0 bridgehead atoms. The van der Waals surface area contributed by atoms with E-state index in [0.29, 0.717) is 18.2 Å². The van der Waals surface area contributed by atoms with Gasteiger partial charge in [-0.15, -0.1) is 12.4 Å². The van der Waals surface area contributed by atoms with Crippen LogP contribution < -0.4 is 10.5 Å². The van der Waals surface area contributed by atoms with Gasteiger partial charge in [0.25, 0.3) is 0 Å². The molecule has 1 aromatic carbocycles. The van der Waals surface area contributed by atoms with Gasteiger partial charge in [-0.1, -0.05) is 6.07 Å². The second kappa shape index (κ2) is 5.87. The van der Waals surface area contributed by atoms with Crippen molar-refractivity contribution in [1.29, 1.82) is 0 Å². The normalized spacial score (nSPS) is 13.7. The van der Waals surface area contributed by atoms with Crippen LogP contribution >= 0.6 is 12.4 Å². The molecule has 1 rings (SSSR count). The van der Waals surface area contributed by atoms with Crippen LogP contribution in [0.5, 0.6) is 5.75 Å². The standard InChI is InChI=1S/C10H9F6NO.ClH/c1-18-7-4-5(9(11,12)13)2-3-6(7)8(17)10(14,15)16;/h2-4,8H,17H2,1H3;1H/t8-;/m1./s1. The molecule has 0 unspecified atom stereocenters. The van der Waals surface area contributed by atoms with Gasteiger partial charge in [-0.3, -0.25) is 0 Å². The Morgan fingerprint density at radius 1 is 1.11 bits per heavy atom. The number of alkyl halides is 6. The monoisotopic (exact) mass is 309 g/mol. The molecule has 19 heavy (non-hydrogen) atoms. The minimum Gasteiger partial charge on any atom is -0.496 e. The highest BCUT2D eigenvalue weighted by Gasteiger charge is 2.40. The summed E-state index contributed by atoms with van der Waals surface area (Å²) >= 11 is 0. The Balaban J connectivity index is 0.00000324. The van der Waals surface area contributed by atoms with Gasteiger partial charge in [0, 0.05) is 5.56 Å². The fourth-order valence-electron chi connectivity index (χ4n) is 1.32. The molecular formula is C10H10ClF6NO. The maximum Gasteiger partial charge on any atom is 0.416 e. The Morgan fingerprint density at radius 3 is 2.00 bits per heavy atom. The fourth-order valence-corrected chi connectivity index (χ4v) is 1.32. The third-order valence-corrected chi connectivity index (χ3v) is 2.25. The number of nitrogens with two attached hydrogens (primary N) is 1. The van der Waals surface area contributed by atoms with E-state index >= 15 is 0 Å². The van der Waals surface area contributed by atoms with Crippen LogP contribution in [-0.2, 0) is 6.18 Å². The summed E-state index contributed by atoms with van der Waals surface area (Å²) in [5, 5.41) is 0. The summed E-state index contributed by atoms with van der Waals surface area (Å²) in [4.78, 5) is 0. The molecule has 0 amide bonds. The van der Waals surface area contributed by atoms with Gasteiger partial charge in [0.2, 0.25) is 0 Å². The summed E-state index contributed by atoms with van der Waals surface area (Å²) in [7, 11) is 0.974. The molecule has 1 aromatic rings. The number of hydrogen-bond donors (Lipinski definition) is 1. The second-order valence-corrected chi connectivity index (χ2v) is 3.47. The van der Waals surface area contributed by atoms with Crippen molar-refractivity contribution in [2.24, 2.45) is 5.73 Å². The van der Waals surface area contributed by atoms with E-state index in [9.17, 15) is 26.3 Å². The largest absolute Gasteiger partial charge is 0.496 e. The zero-order chi connectivity index (χ0) is 14.1. The van der Waals surface area contributed by atoms with Crippen molar-refractivity contribution in [2.45, 2.75) is 18.4 Å². The van der Waals surface area contributed by atoms with E-state index in [-0.39, 0.29) is 12.4 Å². The molecule has 0 fully saturated rings.